The lowest BCUT2D eigenvalue weighted by Gasteiger charge is -2.07. The molecule has 6 nitrogen and oxygen atoms in total. The van der Waals surface area contributed by atoms with E-state index in [0.29, 0.717) is 17.1 Å². The van der Waals surface area contributed by atoms with E-state index in [1.54, 1.807) is 10.9 Å². The maximum absolute atomic E-state index is 5.21. The van der Waals surface area contributed by atoms with Gasteiger partial charge in [0.25, 0.3) is 0 Å². The highest BCUT2D eigenvalue weighted by molar-refractivity contribution is 7.71. The number of nitrogens with zero attached hydrogens (tertiary/aromatic N) is 4. The topological polar surface area (TPSA) is 71.4 Å². The van der Waals surface area contributed by atoms with Gasteiger partial charge in [-0.1, -0.05) is 47.6 Å². The number of anilines is 2. The first-order valence-corrected chi connectivity index (χ1v) is 6.98. The van der Waals surface area contributed by atoms with Gasteiger partial charge in [-0.05, 0) is 34.5 Å². The van der Waals surface area contributed by atoms with Gasteiger partial charge in [-0.2, -0.15) is 0 Å². The summed E-state index contributed by atoms with van der Waals surface area (Å²) in [5.74, 6) is 0.580. The van der Waals surface area contributed by atoms with Crippen LogP contribution in [0.2, 0.25) is 0 Å². The summed E-state index contributed by atoms with van der Waals surface area (Å²) in [4.78, 5) is 2.96. The van der Waals surface area contributed by atoms with E-state index in [4.69, 9.17) is 12.2 Å². The molecule has 0 amide bonds. The number of benzene rings is 1. The van der Waals surface area contributed by atoms with Crippen molar-refractivity contribution in [1.82, 2.24) is 25.2 Å². The summed E-state index contributed by atoms with van der Waals surface area (Å²) in [5, 5.41) is 14.9. The summed E-state index contributed by atoms with van der Waals surface area (Å²) in [6.45, 7) is 0.697. The zero-order chi connectivity index (χ0) is 14.5. The van der Waals surface area contributed by atoms with Crippen molar-refractivity contribution >= 4 is 23.9 Å². The first kappa shape index (κ1) is 13.4. The first-order valence-electron chi connectivity index (χ1n) is 6.58. The lowest BCUT2D eigenvalue weighted by atomic mass is 10.1. The molecule has 106 valence electrons. The summed E-state index contributed by atoms with van der Waals surface area (Å²) in [6, 6.07) is 14.0. The summed E-state index contributed by atoms with van der Waals surface area (Å²) in [7, 11) is 0. The van der Waals surface area contributed by atoms with Crippen LogP contribution in [0.4, 0.5) is 11.6 Å². The van der Waals surface area contributed by atoms with Gasteiger partial charge in [0.1, 0.15) is 4.64 Å². The predicted molar refractivity (Wildman–Crippen MR) is 82.9 cm³/mol. The van der Waals surface area contributed by atoms with Crippen molar-refractivity contribution < 1.29 is 0 Å². The summed E-state index contributed by atoms with van der Waals surface area (Å²) >= 11 is 5.21. The Hall–Kier alpha value is -2.54. The molecule has 0 radical (unpaired) electrons. The normalized spacial score (nSPS) is 10.5. The molecule has 0 unspecified atom stereocenters. The molecule has 3 aromatic rings. The average molecular weight is 298 g/mol. The summed E-state index contributed by atoms with van der Waals surface area (Å²) in [6.07, 6.45) is 2.65. The molecule has 0 aliphatic carbocycles. The van der Waals surface area contributed by atoms with Crippen LogP contribution in [0.3, 0.4) is 0 Å². The predicted octanol–water partition coefficient (Wildman–Crippen LogP) is 2.72. The highest BCUT2D eigenvalue weighted by Crippen LogP contribution is 2.13. The molecule has 0 bridgehead atoms. The number of aryl methyl sites for hydroxylation is 2. The molecule has 3 rings (SSSR count). The number of hydrogen-bond donors (Lipinski definition) is 2. The number of aromatic nitrogens is 5. The van der Waals surface area contributed by atoms with Gasteiger partial charge in [-0.25, -0.2) is 4.68 Å². The number of pyridine rings is 1. The lowest BCUT2D eigenvalue weighted by Crippen LogP contribution is -2.08. The highest BCUT2D eigenvalue weighted by Gasteiger charge is 2.07. The standard InChI is InChI=1S/C14H14N6S/c21-13-12(7-4-9-15-13)16-14-17-18-19-20(14)10-8-11-5-2-1-3-6-11/h1-7,9H,8,10H2,(H,15,21)(H,16,17,19). The zero-order valence-corrected chi connectivity index (χ0v) is 12.0. The molecule has 1 aromatic carbocycles. The maximum atomic E-state index is 5.21. The van der Waals surface area contributed by atoms with Gasteiger partial charge in [0, 0.05) is 6.20 Å². The van der Waals surface area contributed by atoms with Crippen molar-refractivity contribution in [3.05, 3.63) is 58.9 Å². The Labute approximate surface area is 126 Å². The maximum Gasteiger partial charge on any atom is 0.247 e. The number of aromatic amines is 1. The van der Waals surface area contributed by atoms with E-state index >= 15 is 0 Å². The van der Waals surface area contributed by atoms with Crippen LogP contribution in [-0.2, 0) is 13.0 Å². The van der Waals surface area contributed by atoms with Crippen LogP contribution in [0.5, 0.6) is 0 Å². The molecule has 21 heavy (non-hydrogen) atoms. The summed E-state index contributed by atoms with van der Waals surface area (Å²) < 4.78 is 2.35. The van der Waals surface area contributed by atoms with Crippen LogP contribution in [0.15, 0.2) is 48.7 Å². The number of nitrogens with one attached hydrogen (secondary N) is 2. The molecule has 0 aliphatic heterocycles. The van der Waals surface area contributed by atoms with Crippen LogP contribution in [0, 0.1) is 4.64 Å². The van der Waals surface area contributed by atoms with E-state index in [0.717, 1.165) is 12.1 Å². The van der Waals surface area contributed by atoms with Gasteiger partial charge in [-0.15, -0.1) is 0 Å². The second-order valence-electron chi connectivity index (χ2n) is 4.50. The van der Waals surface area contributed by atoms with Crippen LogP contribution < -0.4 is 5.32 Å². The molecular weight excluding hydrogens is 284 g/mol. The van der Waals surface area contributed by atoms with Gasteiger partial charge in [0.15, 0.2) is 0 Å². The molecular formula is C14H14N6S. The van der Waals surface area contributed by atoms with Crippen LogP contribution >= 0.6 is 12.2 Å². The smallest absolute Gasteiger partial charge is 0.247 e. The monoisotopic (exact) mass is 298 g/mol. The van der Waals surface area contributed by atoms with Gasteiger partial charge >= 0.3 is 0 Å². The number of tetrazole rings is 1. The Morgan fingerprint density at radius 1 is 1.14 bits per heavy atom. The van der Waals surface area contributed by atoms with Crippen molar-refractivity contribution in [3.8, 4) is 0 Å². The molecule has 0 fully saturated rings. The van der Waals surface area contributed by atoms with Gasteiger partial charge in [-0.3, -0.25) is 0 Å². The van der Waals surface area contributed by atoms with Crippen LogP contribution in [0.25, 0.3) is 0 Å². The second kappa shape index (κ2) is 6.27. The van der Waals surface area contributed by atoms with Crippen LogP contribution in [-0.4, -0.2) is 25.2 Å². The minimum Gasteiger partial charge on any atom is -0.351 e. The molecule has 2 aromatic heterocycles. The fourth-order valence-corrected chi connectivity index (χ4v) is 2.15. The molecule has 0 saturated carbocycles. The third-order valence-electron chi connectivity index (χ3n) is 3.05. The molecule has 0 aliphatic rings. The van der Waals surface area contributed by atoms with E-state index in [1.165, 1.54) is 5.56 Å². The van der Waals surface area contributed by atoms with Crippen molar-refractivity contribution in [2.45, 2.75) is 13.0 Å². The Balaban J connectivity index is 1.72. The molecule has 0 atom stereocenters. The summed E-state index contributed by atoms with van der Waals surface area (Å²) in [5.41, 5.74) is 2.03. The SMILES string of the molecule is S=c1[nH]cccc1Nc1nnnn1CCc1ccccc1. The Morgan fingerprint density at radius 2 is 2.00 bits per heavy atom. The third-order valence-corrected chi connectivity index (χ3v) is 3.39. The molecule has 2 heterocycles. The van der Waals surface area contributed by atoms with E-state index in [-0.39, 0.29) is 0 Å². The Morgan fingerprint density at radius 3 is 2.81 bits per heavy atom. The third kappa shape index (κ3) is 3.32. The number of rotatable bonds is 5. The fourth-order valence-electron chi connectivity index (χ4n) is 1.96. The molecule has 0 saturated heterocycles. The Kier molecular flexibility index (Phi) is 4.02. The van der Waals surface area contributed by atoms with E-state index in [1.807, 2.05) is 30.3 Å². The van der Waals surface area contributed by atoms with E-state index in [9.17, 15) is 0 Å². The molecule has 7 heteroatoms. The first-order chi connectivity index (χ1) is 10.3. The fraction of sp³-hybridized carbons (Fsp3) is 0.143. The Bertz CT molecular complexity index is 764. The minimum absolute atomic E-state index is 0.580. The molecule has 2 N–H and O–H groups in total. The second-order valence-corrected chi connectivity index (χ2v) is 4.91. The van der Waals surface area contributed by atoms with Crippen molar-refractivity contribution in [2.24, 2.45) is 0 Å². The van der Waals surface area contributed by atoms with E-state index in [2.05, 4.69) is 38.0 Å². The van der Waals surface area contributed by atoms with Gasteiger partial charge in [0.05, 0.1) is 12.2 Å². The zero-order valence-electron chi connectivity index (χ0n) is 11.2. The van der Waals surface area contributed by atoms with Gasteiger partial charge < -0.3 is 10.3 Å². The largest absolute Gasteiger partial charge is 0.351 e. The minimum atomic E-state index is 0.580. The number of H-pyrrole nitrogens is 1. The molecule has 0 spiro atoms. The highest BCUT2D eigenvalue weighted by atomic mass is 32.1. The van der Waals surface area contributed by atoms with Crippen molar-refractivity contribution in [3.63, 3.8) is 0 Å². The number of hydrogen-bond acceptors (Lipinski definition) is 5. The van der Waals surface area contributed by atoms with E-state index < -0.39 is 0 Å². The van der Waals surface area contributed by atoms with Crippen molar-refractivity contribution in [1.29, 1.82) is 0 Å². The van der Waals surface area contributed by atoms with Gasteiger partial charge in [0.2, 0.25) is 5.95 Å². The van der Waals surface area contributed by atoms with Crippen molar-refractivity contribution in [2.75, 3.05) is 5.32 Å². The average Bonchev–Trinajstić information content (AvgIpc) is 2.96. The lowest BCUT2D eigenvalue weighted by molar-refractivity contribution is 0.594. The quantitative estimate of drug-likeness (QED) is 0.709. The van der Waals surface area contributed by atoms with Crippen LogP contribution in [0.1, 0.15) is 5.56 Å².